The Labute approximate surface area is 210 Å². The molecule has 4 rings (SSSR count). The third-order valence-electron chi connectivity index (χ3n) is 5.67. The Hall–Kier alpha value is -2.85. The number of benzene rings is 3. The Morgan fingerprint density at radius 2 is 1.52 bits per heavy atom. The molecule has 3 aromatic carbocycles. The van der Waals surface area contributed by atoms with Crippen molar-refractivity contribution in [3.05, 3.63) is 97.9 Å². The molecule has 0 saturated carbocycles. The van der Waals surface area contributed by atoms with Crippen molar-refractivity contribution in [2.24, 2.45) is 0 Å². The van der Waals surface area contributed by atoms with Crippen LogP contribution in [0, 0.1) is 11.3 Å². The first kappa shape index (κ1) is 23.3. The molecule has 0 aromatic heterocycles. The fourth-order valence-electron chi connectivity index (χ4n) is 3.95. The lowest BCUT2D eigenvalue weighted by atomic mass is 9.90. The number of imide groups is 1. The number of nitrogens with zero attached hydrogens (tertiary/aromatic N) is 3. The second-order valence-electron chi connectivity index (χ2n) is 8.02. The standard InChI is InChI=1S/C25H18BrCl2N3O2/c1-25(13-16-6-8-19(26)9-7-16)23(32)31(22-11-20(27)10-21(28)12-22)24(33)30(25)15-18-4-2-17(14-29)3-5-18/h2-12H,13,15H2,1H3/t25-/m1/s1. The highest BCUT2D eigenvalue weighted by molar-refractivity contribution is 9.10. The minimum absolute atomic E-state index is 0.202. The quantitative estimate of drug-likeness (QED) is 0.341. The molecule has 0 spiro atoms. The van der Waals surface area contributed by atoms with Crippen molar-refractivity contribution in [1.82, 2.24) is 4.90 Å². The molecular weight excluding hydrogens is 525 g/mol. The molecule has 1 atom stereocenters. The number of carbonyl (C=O) groups excluding carboxylic acids is 2. The summed E-state index contributed by atoms with van der Waals surface area (Å²) in [5, 5.41) is 9.73. The smallest absolute Gasteiger partial charge is 0.305 e. The number of urea groups is 1. The van der Waals surface area contributed by atoms with Gasteiger partial charge in [-0.2, -0.15) is 5.26 Å². The van der Waals surface area contributed by atoms with E-state index in [9.17, 15) is 9.59 Å². The van der Waals surface area contributed by atoms with E-state index in [1.54, 1.807) is 54.3 Å². The maximum absolute atomic E-state index is 13.8. The number of halogens is 3. The molecule has 1 fully saturated rings. The molecule has 3 aromatic rings. The van der Waals surface area contributed by atoms with E-state index in [1.165, 1.54) is 0 Å². The second kappa shape index (κ2) is 9.18. The van der Waals surface area contributed by atoms with Gasteiger partial charge in [0, 0.05) is 27.5 Å². The van der Waals surface area contributed by atoms with Gasteiger partial charge in [0.1, 0.15) is 5.54 Å². The van der Waals surface area contributed by atoms with Crippen LogP contribution in [0.25, 0.3) is 0 Å². The van der Waals surface area contributed by atoms with E-state index < -0.39 is 11.6 Å². The van der Waals surface area contributed by atoms with Crippen molar-refractivity contribution in [2.45, 2.75) is 25.4 Å². The van der Waals surface area contributed by atoms with Crippen molar-refractivity contribution in [1.29, 1.82) is 5.26 Å². The average Bonchev–Trinajstić information content (AvgIpc) is 2.95. The van der Waals surface area contributed by atoms with Gasteiger partial charge in [-0.05, 0) is 60.5 Å². The lowest BCUT2D eigenvalue weighted by Crippen LogP contribution is -2.48. The van der Waals surface area contributed by atoms with Crippen LogP contribution in [0.3, 0.4) is 0 Å². The average molecular weight is 543 g/mol. The Balaban J connectivity index is 1.76. The van der Waals surface area contributed by atoms with E-state index in [-0.39, 0.29) is 12.5 Å². The molecule has 1 aliphatic rings. The van der Waals surface area contributed by atoms with Crippen LogP contribution in [0.2, 0.25) is 10.0 Å². The van der Waals surface area contributed by atoms with Crippen LogP contribution in [0.5, 0.6) is 0 Å². The molecule has 0 aliphatic carbocycles. The summed E-state index contributed by atoms with van der Waals surface area (Å²) in [4.78, 5) is 30.1. The Bertz CT molecular complexity index is 1250. The van der Waals surface area contributed by atoms with Gasteiger partial charge in [0.15, 0.2) is 0 Å². The van der Waals surface area contributed by atoms with Crippen LogP contribution < -0.4 is 4.90 Å². The fourth-order valence-corrected chi connectivity index (χ4v) is 4.73. The van der Waals surface area contributed by atoms with Gasteiger partial charge in [-0.3, -0.25) is 4.79 Å². The normalized spacial score (nSPS) is 18.0. The van der Waals surface area contributed by atoms with Crippen LogP contribution >= 0.6 is 39.1 Å². The van der Waals surface area contributed by atoms with Crippen LogP contribution in [-0.4, -0.2) is 22.4 Å². The SMILES string of the molecule is C[C@@]1(Cc2ccc(Br)cc2)C(=O)N(c2cc(Cl)cc(Cl)c2)C(=O)N1Cc1ccc(C#N)cc1. The number of amides is 3. The summed E-state index contributed by atoms with van der Waals surface area (Å²) >= 11 is 15.7. The number of carbonyl (C=O) groups is 2. The van der Waals surface area contributed by atoms with E-state index in [0.29, 0.717) is 27.7 Å². The number of hydrogen-bond acceptors (Lipinski definition) is 3. The highest BCUT2D eigenvalue weighted by Gasteiger charge is 2.54. The summed E-state index contributed by atoms with van der Waals surface area (Å²) < 4.78 is 0.926. The van der Waals surface area contributed by atoms with E-state index in [1.807, 2.05) is 24.3 Å². The van der Waals surface area contributed by atoms with Crippen molar-refractivity contribution in [3.8, 4) is 6.07 Å². The molecule has 5 nitrogen and oxygen atoms in total. The molecule has 3 amide bonds. The molecule has 1 aliphatic heterocycles. The number of nitriles is 1. The molecule has 1 heterocycles. The molecule has 0 unspecified atom stereocenters. The fraction of sp³-hybridized carbons (Fsp3) is 0.160. The summed E-state index contributed by atoms with van der Waals surface area (Å²) in [5.41, 5.74) is 1.43. The van der Waals surface area contributed by atoms with Crippen molar-refractivity contribution in [2.75, 3.05) is 4.90 Å². The van der Waals surface area contributed by atoms with Crippen LogP contribution in [0.15, 0.2) is 71.2 Å². The molecule has 33 heavy (non-hydrogen) atoms. The Morgan fingerprint density at radius 3 is 2.09 bits per heavy atom. The zero-order chi connectivity index (χ0) is 23.8. The highest BCUT2D eigenvalue weighted by atomic mass is 79.9. The van der Waals surface area contributed by atoms with Crippen molar-refractivity contribution in [3.63, 3.8) is 0 Å². The molecule has 0 N–H and O–H groups in total. The number of anilines is 1. The minimum Gasteiger partial charge on any atom is -0.305 e. The zero-order valence-corrected chi connectivity index (χ0v) is 20.7. The zero-order valence-electron chi connectivity index (χ0n) is 17.6. The predicted molar refractivity (Wildman–Crippen MR) is 132 cm³/mol. The van der Waals surface area contributed by atoms with Gasteiger partial charge in [-0.15, -0.1) is 0 Å². The molecule has 8 heteroatoms. The molecule has 0 radical (unpaired) electrons. The first-order valence-corrected chi connectivity index (χ1v) is 11.6. The third-order valence-corrected chi connectivity index (χ3v) is 6.64. The first-order chi connectivity index (χ1) is 15.7. The predicted octanol–water partition coefficient (Wildman–Crippen LogP) is 6.60. The van der Waals surface area contributed by atoms with Crippen LogP contribution in [0.4, 0.5) is 10.5 Å². The third kappa shape index (κ3) is 4.63. The Kier molecular flexibility index (Phi) is 6.49. The summed E-state index contributed by atoms with van der Waals surface area (Å²) in [5.74, 6) is -0.359. The summed E-state index contributed by atoms with van der Waals surface area (Å²) in [6, 6.07) is 20.9. The Morgan fingerprint density at radius 1 is 0.939 bits per heavy atom. The number of hydrogen-bond donors (Lipinski definition) is 0. The van der Waals surface area contributed by atoms with Crippen LogP contribution in [0.1, 0.15) is 23.6 Å². The topological polar surface area (TPSA) is 64.4 Å². The van der Waals surface area contributed by atoms with Gasteiger partial charge in [-0.1, -0.05) is 63.4 Å². The van der Waals surface area contributed by atoms with Crippen molar-refractivity contribution >= 4 is 56.8 Å². The summed E-state index contributed by atoms with van der Waals surface area (Å²) in [6.45, 7) is 1.97. The van der Waals surface area contributed by atoms with E-state index >= 15 is 0 Å². The van der Waals surface area contributed by atoms with Gasteiger partial charge in [0.05, 0.1) is 17.3 Å². The van der Waals surface area contributed by atoms with Gasteiger partial charge >= 0.3 is 6.03 Å². The molecule has 1 saturated heterocycles. The lowest BCUT2D eigenvalue weighted by molar-refractivity contribution is -0.124. The van der Waals surface area contributed by atoms with Gasteiger partial charge < -0.3 is 4.90 Å². The highest BCUT2D eigenvalue weighted by Crippen LogP contribution is 2.38. The van der Waals surface area contributed by atoms with E-state index in [4.69, 9.17) is 28.5 Å². The second-order valence-corrected chi connectivity index (χ2v) is 9.81. The minimum atomic E-state index is -1.15. The van der Waals surface area contributed by atoms with E-state index in [0.717, 1.165) is 20.5 Å². The first-order valence-electron chi connectivity index (χ1n) is 10.1. The summed E-state index contributed by atoms with van der Waals surface area (Å²) in [6.07, 6.45) is 0.325. The van der Waals surface area contributed by atoms with Gasteiger partial charge in [-0.25, -0.2) is 9.69 Å². The van der Waals surface area contributed by atoms with Crippen molar-refractivity contribution < 1.29 is 9.59 Å². The largest absolute Gasteiger partial charge is 0.332 e. The van der Waals surface area contributed by atoms with E-state index in [2.05, 4.69) is 22.0 Å². The van der Waals surface area contributed by atoms with Gasteiger partial charge in [0.2, 0.25) is 0 Å². The number of rotatable bonds is 5. The van der Waals surface area contributed by atoms with Crippen LogP contribution in [-0.2, 0) is 17.8 Å². The maximum Gasteiger partial charge on any atom is 0.332 e. The lowest BCUT2D eigenvalue weighted by Gasteiger charge is -2.32. The molecular formula is C25H18BrCl2N3O2. The van der Waals surface area contributed by atoms with Gasteiger partial charge in [0.25, 0.3) is 5.91 Å². The monoisotopic (exact) mass is 541 g/mol. The molecule has 0 bridgehead atoms. The molecule has 166 valence electrons. The maximum atomic E-state index is 13.8. The summed E-state index contributed by atoms with van der Waals surface area (Å²) in [7, 11) is 0.